The van der Waals surface area contributed by atoms with Gasteiger partial charge in [-0.2, -0.15) is 0 Å². The molecule has 0 radical (unpaired) electrons. The van der Waals surface area contributed by atoms with Crippen LogP contribution in [0.15, 0.2) is 82.4 Å². The van der Waals surface area contributed by atoms with Gasteiger partial charge in [0, 0.05) is 30.4 Å². The van der Waals surface area contributed by atoms with E-state index in [1.54, 1.807) is 6.92 Å². The molecule has 0 spiro atoms. The first-order valence-corrected chi connectivity index (χ1v) is 12.2. The average molecular weight is 503 g/mol. The third-order valence-electron chi connectivity index (χ3n) is 7.09. The maximum absolute atomic E-state index is 14.6. The second kappa shape index (κ2) is 10.1. The molecule has 5 rings (SSSR count). The van der Waals surface area contributed by atoms with Gasteiger partial charge in [-0.15, -0.1) is 0 Å². The van der Waals surface area contributed by atoms with Gasteiger partial charge >= 0.3 is 5.69 Å². The summed E-state index contributed by atoms with van der Waals surface area (Å²) >= 11 is 0. The fourth-order valence-electron chi connectivity index (χ4n) is 5.03. The molecule has 1 aliphatic rings. The first-order chi connectivity index (χ1) is 17.8. The van der Waals surface area contributed by atoms with E-state index in [0.29, 0.717) is 24.5 Å². The fourth-order valence-corrected chi connectivity index (χ4v) is 5.03. The highest BCUT2D eigenvalue weighted by Crippen LogP contribution is 2.25. The van der Waals surface area contributed by atoms with Crippen LogP contribution in [0, 0.1) is 18.6 Å². The molecule has 1 aliphatic heterocycles. The van der Waals surface area contributed by atoms with Crippen molar-refractivity contribution in [1.82, 2.24) is 9.13 Å². The van der Waals surface area contributed by atoms with Gasteiger partial charge in [-0.25, -0.2) is 13.6 Å². The van der Waals surface area contributed by atoms with Crippen LogP contribution in [0.25, 0.3) is 0 Å². The molecule has 6 nitrogen and oxygen atoms in total. The molecule has 190 valence electrons. The predicted octanol–water partition coefficient (Wildman–Crippen LogP) is 3.91. The minimum Gasteiger partial charge on any atom is -0.361 e. The number of aromatic nitrogens is 2. The van der Waals surface area contributed by atoms with E-state index in [0.717, 1.165) is 34.2 Å². The van der Waals surface area contributed by atoms with E-state index in [1.165, 1.54) is 16.2 Å². The van der Waals surface area contributed by atoms with Crippen molar-refractivity contribution in [2.24, 2.45) is 5.73 Å². The molecule has 1 atom stereocenters. The van der Waals surface area contributed by atoms with Crippen LogP contribution in [-0.4, -0.2) is 15.7 Å². The Hall–Kier alpha value is -4.04. The SMILES string of the molecule is Cc1c(N2CCc3ccccc3C2)c(=O)n(CC(N)c2ccccc2)c(=O)n1Cc1c(F)cccc1F. The molecular formula is C29H28F2N4O2. The number of anilines is 1. The molecule has 0 aliphatic carbocycles. The van der Waals surface area contributed by atoms with E-state index in [1.807, 2.05) is 53.4 Å². The van der Waals surface area contributed by atoms with E-state index in [2.05, 4.69) is 6.07 Å². The Balaban J connectivity index is 1.65. The Bertz CT molecular complexity index is 1540. The molecule has 0 amide bonds. The van der Waals surface area contributed by atoms with Crippen molar-refractivity contribution in [2.45, 2.75) is 39.0 Å². The summed E-state index contributed by atoms with van der Waals surface area (Å²) in [5, 5.41) is 0. The summed E-state index contributed by atoms with van der Waals surface area (Å²) in [6.07, 6.45) is 0.736. The highest BCUT2D eigenvalue weighted by Gasteiger charge is 2.26. The quantitative estimate of drug-likeness (QED) is 0.434. The lowest BCUT2D eigenvalue weighted by Gasteiger charge is -2.32. The molecule has 0 saturated heterocycles. The Morgan fingerprint density at radius 1 is 0.865 bits per heavy atom. The van der Waals surface area contributed by atoms with Crippen molar-refractivity contribution in [2.75, 3.05) is 11.4 Å². The van der Waals surface area contributed by atoms with Crippen LogP contribution >= 0.6 is 0 Å². The van der Waals surface area contributed by atoms with Crippen LogP contribution in [0.4, 0.5) is 14.5 Å². The van der Waals surface area contributed by atoms with E-state index < -0.39 is 28.9 Å². The molecule has 2 N–H and O–H groups in total. The molecule has 37 heavy (non-hydrogen) atoms. The molecule has 8 heteroatoms. The predicted molar refractivity (Wildman–Crippen MR) is 140 cm³/mol. The first kappa shape index (κ1) is 24.6. The van der Waals surface area contributed by atoms with Crippen LogP contribution in [0.1, 0.15) is 34.0 Å². The highest BCUT2D eigenvalue weighted by atomic mass is 19.1. The largest absolute Gasteiger partial charge is 0.361 e. The van der Waals surface area contributed by atoms with Crippen molar-refractivity contribution >= 4 is 5.69 Å². The summed E-state index contributed by atoms with van der Waals surface area (Å²) in [7, 11) is 0. The normalized spacial score (nSPS) is 13.9. The summed E-state index contributed by atoms with van der Waals surface area (Å²) in [4.78, 5) is 29.4. The van der Waals surface area contributed by atoms with Crippen molar-refractivity contribution in [3.05, 3.63) is 133 Å². The highest BCUT2D eigenvalue weighted by molar-refractivity contribution is 5.52. The zero-order valence-corrected chi connectivity index (χ0v) is 20.5. The van der Waals surface area contributed by atoms with Gasteiger partial charge in [-0.3, -0.25) is 13.9 Å². The molecule has 2 heterocycles. The Morgan fingerprint density at radius 2 is 1.51 bits per heavy atom. The van der Waals surface area contributed by atoms with Crippen LogP contribution in [0.5, 0.6) is 0 Å². The third-order valence-corrected chi connectivity index (χ3v) is 7.09. The smallest absolute Gasteiger partial charge is 0.331 e. The number of benzene rings is 3. The van der Waals surface area contributed by atoms with E-state index >= 15 is 0 Å². The number of halogens is 2. The summed E-state index contributed by atoms with van der Waals surface area (Å²) in [5.41, 5.74) is 8.84. The van der Waals surface area contributed by atoms with Gasteiger partial charge in [0.05, 0.1) is 13.1 Å². The molecular weight excluding hydrogens is 474 g/mol. The third kappa shape index (κ3) is 4.72. The van der Waals surface area contributed by atoms with E-state index in [4.69, 9.17) is 5.73 Å². The molecule has 0 fully saturated rings. The molecule has 4 aromatic rings. The van der Waals surface area contributed by atoms with Crippen molar-refractivity contribution in [3.63, 3.8) is 0 Å². The lowest BCUT2D eigenvalue weighted by atomic mass is 9.99. The van der Waals surface area contributed by atoms with Gasteiger partial charge in [-0.1, -0.05) is 60.7 Å². The number of fused-ring (bicyclic) bond motifs is 1. The summed E-state index contributed by atoms with van der Waals surface area (Å²) in [5.74, 6) is -1.50. The maximum Gasteiger partial charge on any atom is 0.331 e. The second-order valence-corrected chi connectivity index (χ2v) is 9.38. The topological polar surface area (TPSA) is 73.3 Å². The summed E-state index contributed by atoms with van der Waals surface area (Å²) < 4.78 is 31.5. The molecule has 1 unspecified atom stereocenters. The zero-order chi connectivity index (χ0) is 26.1. The van der Waals surface area contributed by atoms with Gasteiger partial charge < -0.3 is 10.6 Å². The van der Waals surface area contributed by atoms with Crippen LogP contribution in [0.3, 0.4) is 0 Å². The lowest BCUT2D eigenvalue weighted by molar-refractivity contribution is 0.490. The van der Waals surface area contributed by atoms with Crippen LogP contribution in [0.2, 0.25) is 0 Å². The van der Waals surface area contributed by atoms with Crippen LogP contribution < -0.4 is 21.9 Å². The van der Waals surface area contributed by atoms with Crippen molar-refractivity contribution in [1.29, 1.82) is 0 Å². The van der Waals surface area contributed by atoms with Gasteiger partial charge in [0.2, 0.25) is 0 Å². The number of nitrogens with zero attached hydrogens (tertiary/aromatic N) is 3. The Labute approximate surface area is 213 Å². The minimum atomic E-state index is -0.751. The molecule has 3 aromatic carbocycles. The Morgan fingerprint density at radius 3 is 2.22 bits per heavy atom. The Kier molecular flexibility index (Phi) is 6.76. The molecule has 0 saturated carbocycles. The van der Waals surface area contributed by atoms with Crippen molar-refractivity contribution in [3.8, 4) is 0 Å². The lowest BCUT2D eigenvalue weighted by Crippen LogP contribution is -2.47. The average Bonchev–Trinajstić information content (AvgIpc) is 2.91. The standard InChI is InChI=1S/C29H28F2N4O2/c1-19-27(33-15-14-20-8-5-6-11-22(20)16-33)28(36)35(18-26(32)21-9-3-2-4-10-21)29(37)34(19)17-23-24(30)12-7-13-25(23)31/h2-13,26H,14-18,32H2,1H3. The number of hydrogen-bond donors (Lipinski definition) is 1. The summed E-state index contributed by atoms with van der Waals surface area (Å²) in [6.45, 7) is 2.30. The maximum atomic E-state index is 14.6. The van der Waals surface area contributed by atoms with Crippen LogP contribution in [-0.2, 0) is 26.1 Å². The monoisotopic (exact) mass is 502 g/mol. The minimum absolute atomic E-state index is 0.0703. The number of hydrogen-bond acceptors (Lipinski definition) is 4. The molecule has 0 bridgehead atoms. The fraction of sp³-hybridized carbons (Fsp3) is 0.241. The van der Waals surface area contributed by atoms with Gasteiger partial charge in [-0.05, 0) is 42.2 Å². The second-order valence-electron chi connectivity index (χ2n) is 9.38. The van der Waals surface area contributed by atoms with Gasteiger partial charge in [0.25, 0.3) is 5.56 Å². The first-order valence-electron chi connectivity index (χ1n) is 12.2. The van der Waals surface area contributed by atoms with E-state index in [-0.39, 0.29) is 18.7 Å². The number of nitrogens with two attached hydrogens (primary N) is 1. The number of rotatable bonds is 6. The zero-order valence-electron chi connectivity index (χ0n) is 20.5. The van der Waals surface area contributed by atoms with E-state index in [9.17, 15) is 18.4 Å². The van der Waals surface area contributed by atoms with Crippen molar-refractivity contribution < 1.29 is 8.78 Å². The summed E-state index contributed by atoms with van der Waals surface area (Å²) in [6, 6.07) is 20.2. The molecule has 1 aromatic heterocycles. The van der Waals surface area contributed by atoms with Gasteiger partial charge in [0.15, 0.2) is 0 Å². The van der Waals surface area contributed by atoms with Gasteiger partial charge in [0.1, 0.15) is 17.3 Å².